The maximum Gasteiger partial charge on any atom is 0.319 e. The molecule has 1 aromatic carbocycles. The summed E-state index contributed by atoms with van der Waals surface area (Å²) in [5.74, 6) is 0.973. The van der Waals surface area contributed by atoms with Gasteiger partial charge in [0.1, 0.15) is 5.82 Å². The predicted octanol–water partition coefficient (Wildman–Crippen LogP) is 3.76. The van der Waals surface area contributed by atoms with Crippen LogP contribution < -0.4 is 5.32 Å². The number of nitrogens with zero attached hydrogens (tertiary/aromatic N) is 4. The van der Waals surface area contributed by atoms with Gasteiger partial charge in [0.15, 0.2) is 5.96 Å². The second-order valence-electron chi connectivity index (χ2n) is 5.72. The number of hydrogen-bond acceptors (Lipinski definition) is 2. The molecule has 1 aliphatic rings. The average Bonchev–Trinajstić information content (AvgIpc) is 3.12. The quantitative estimate of drug-likeness (QED) is 0.418. The zero-order valence-electron chi connectivity index (χ0n) is 14.5. The van der Waals surface area contributed by atoms with E-state index in [1.54, 1.807) is 7.05 Å². The van der Waals surface area contributed by atoms with Crippen molar-refractivity contribution in [3.8, 4) is 0 Å². The Morgan fingerprint density at radius 3 is 2.69 bits per heavy atom. The van der Waals surface area contributed by atoms with Crippen LogP contribution in [0.1, 0.15) is 24.4 Å². The second-order valence-corrected chi connectivity index (χ2v) is 5.72. The molecule has 0 aliphatic carbocycles. The number of hydrogen-bond donors (Lipinski definition) is 1. The van der Waals surface area contributed by atoms with Gasteiger partial charge in [-0.25, -0.2) is 4.98 Å². The normalized spacial score (nSPS) is 14.8. The molecule has 3 rings (SSSR count). The van der Waals surface area contributed by atoms with E-state index in [1.165, 1.54) is 23.5 Å². The van der Waals surface area contributed by atoms with Crippen molar-refractivity contribution >= 4 is 35.5 Å². The van der Waals surface area contributed by atoms with E-state index in [9.17, 15) is 8.78 Å². The van der Waals surface area contributed by atoms with Crippen molar-refractivity contribution in [3.05, 3.63) is 60.2 Å². The first kappa shape index (κ1) is 20.3. The first-order valence-electron chi connectivity index (χ1n) is 8.19. The number of nitrogens with one attached hydrogen (secondary N) is 1. The summed E-state index contributed by atoms with van der Waals surface area (Å²) in [7, 11) is 1.69. The van der Waals surface area contributed by atoms with E-state index in [-0.39, 0.29) is 36.3 Å². The third-order valence-electron chi connectivity index (χ3n) is 4.23. The van der Waals surface area contributed by atoms with Crippen molar-refractivity contribution in [2.45, 2.75) is 19.5 Å². The highest BCUT2D eigenvalue weighted by molar-refractivity contribution is 14.0. The number of rotatable bonds is 4. The van der Waals surface area contributed by atoms with Crippen LogP contribution in [-0.4, -0.2) is 40.5 Å². The van der Waals surface area contributed by atoms with Gasteiger partial charge in [-0.3, -0.25) is 9.56 Å². The van der Waals surface area contributed by atoms with Crippen LogP contribution in [0.2, 0.25) is 0 Å². The molecule has 5 nitrogen and oxygen atoms in total. The largest absolute Gasteiger partial charge is 0.349 e. The number of aliphatic imine (C=N–C) groups is 1. The van der Waals surface area contributed by atoms with Crippen LogP contribution in [0.5, 0.6) is 0 Å². The standard InChI is InChI=1S/C18H21F2N5.HI/c1-21-18(23-13-16-22-9-12-25(16)17(19)20)24-10-7-15(8-11-24)14-5-3-2-4-6-14;/h2-7,9,12,17H,8,10-11,13H2,1H3,(H,21,23);1H. The average molecular weight is 473 g/mol. The highest BCUT2D eigenvalue weighted by Gasteiger charge is 2.17. The molecule has 0 radical (unpaired) electrons. The van der Waals surface area contributed by atoms with Gasteiger partial charge >= 0.3 is 6.55 Å². The van der Waals surface area contributed by atoms with Gasteiger partial charge in [0.05, 0.1) is 6.54 Å². The summed E-state index contributed by atoms with van der Waals surface area (Å²) in [6.07, 6.45) is 5.75. The molecule has 0 spiro atoms. The fraction of sp³-hybridized carbons (Fsp3) is 0.333. The molecule has 2 aromatic rings. The van der Waals surface area contributed by atoms with E-state index in [0.717, 1.165) is 24.1 Å². The number of alkyl halides is 2. The number of imidazole rings is 1. The number of benzene rings is 1. The van der Waals surface area contributed by atoms with E-state index in [0.29, 0.717) is 5.96 Å². The van der Waals surface area contributed by atoms with E-state index in [1.807, 2.05) is 18.2 Å². The second kappa shape index (κ2) is 9.65. The van der Waals surface area contributed by atoms with Gasteiger partial charge in [0.25, 0.3) is 0 Å². The van der Waals surface area contributed by atoms with E-state index < -0.39 is 6.55 Å². The first-order valence-corrected chi connectivity index (χ1v) is 8.19. The van der Waals surface area contributed by atoms with Crippen molar-refractivity contribution in [2.24, 2.45) is 4.99 Å². The molecule has 0 atom stereocenters. The van der Waals surface area contributed by atoms with E-state index in [2.05, 4.69) is 38.4 Å². The van der Waals surface area contributed by atoms with Gasteiger partial charge < -0.3 is 10.2 Å². The maximum atomic E-state index is 12.9. The maximum absolute atomic E-state index is 12.9. The van der Waals surface area contributed by atoms with Crippen molar-refractivity contribution in [1.29, 1.82) is 0 Å². The van der Waals surface area contributed by atoms with Gasteiger partial charge in [-0.05, 0) is 17.6 Å². The smallest absolute Gasteiger partial charge is 0.319 e. The van der Waals surface area contributed by atoms with Gasteiger partial charge in [0, 0.05) is 32.5 Å². The number of halogens is 3. The molecule has 0 amide bonds. The molecular weight excluding hydrogens is 451 g/mol. The minimum atomic E-state index is -2.59. The molecular formula is C18H22F2IN5. The summed E-state index contributed by atoms with van der Waals surface area (Å²) in [5, 5.41) is 3.12. The minimum absolute atomic E-state index is 0. The van der Waals surface area contributed by atoms with Gasteiger partial charge in [0.2, 0.25) is 0 Å². The van der Waals surface area contributed by atoms with Crippen molar-refractivity contribution < 1.29 is 8.78 Å². The lowest BCUT2D eigenvalue weighted by Crippen LogP contribution is -2.43. The Kier molecular flexibility index (Phi) is 7.55. The van der Waals surface area contributed by atoms with Crippen LogP contribution in [0, 0.1) is 0 Å². The first-order chi connectivity index (χ1) is 12.2. The number of guanidine groups is 1. The molecule has 1 aromatic heterocycles. The minimum Gasteiger partial charge on any atom is -0.349 e. The molecule has 26 heavy (non-hydrogen) atoms. The van der Waals surface area contributed by atoms with Crippen molar-refractivity contribution in [1.82, 2.24) is 19.8 Å². The summed E-state index contributed by atoms with van der Waals surface area (Å²) in [4.78, 5) is 10.3. The Balaban J connectivity index is 0.00000243. The molecule has 0 saturated carbocycles. The fourth-order valence-electron chi connectivity index (χ4n) is 2.92. The van der Waals surface area contributed by atoms with Crippen LogP contribution in [0.3, 0.4) is 0 Å². The summed E-state index contributed by atoms with van der Waals surface area (Å²) < 4.78 is 26.6. The van der Waals surface area contributed by atoms with E-state index >= 15 is 0 Å². The third kappa shape index (κ3) is 4.80. The Morgan fingerprint density at radius 1 is 1.31 bits per heavy atom. The van der Waals surface area contributed by atoms with Gasteiger partial charge in [-0.2, -0.15) is 8.78 Å². The summed E-state index contributed by atoms with van der Waals surface area (Å²) in [5.41, 5.74) is 2.56. The van der Waals surface area contributed by atoms with E-state index in [4.69, 9.17) is 0 Å². The topological polar surface area (TPSA) is 45.5 Å². The molecule has 1 N–H and O–H groups in total. The van der Waals surface area contributed by atoms with Crippen molar-refractivity contribution in [2.75, 3.05) is 20.1 Å². The molecule has 140 valence electrons. The third-order valence-corrected chi connectivity index (χ3v) is 4.23. The van der Waals surface area contributed by atoms with Crippen LogP contribution in [0.4, 0.5) is 8.78 Å². The fourth-order valence-corrected chi connectivity index (χ4v) is 2.92. The zero-order chi connectivity index (χ0) is 17.6. The molecule has 0 saturated heterocycles. The molecule has 8 heteroatoms. The molecule has 0 fully saturated rings. The lowest BCUT2D eigenvalue weighted by molar-refractivity contribution is 0.0668. The molecule has 2 heterocycles. The molecule has 1 aliphatic heterocycles. The molecule has 0 bridgehead atoms. The van der Waals surface area contributed by atoms with Crippen LogP contribution in [0.25, 0.3) is 5.57 Å². The summed E-state index contributed by atoms with van der Waals surface area (Å²) >= 11 is 0. The van der Waals surface area contributed by atoms with Crippen LogP contribution >= 0.6 is 24.0 Å². The molecule has 0 unspecified atom stereocenters. The Morgan fingerprint density at radius 2 is 2.08 bits per heavy atom. The predicted molar refractivity (Wildman–Crippen MR) is 110 cm³/mol. The van der Waals surface area contributed by atoms with Crippen LogP contribution in [-0.2, 0) is 6.54 Å². The Hall–Kier alpha value is -1.97. The highest BCUT2D eigenvalue weighted by Crippen LogP contribution is 2.22. The Bertz CT molecular complexity index is 758. The van der Waals surface area contributed by atoms with Crippen LogP contribution in [0.15, 0.2) is 53.8 Å². The highest BCUT2D eigenvalue weighted by atomic mass is 127. The SMILES string of the molecule is CN=C(NCc1nccn1C(F)F)N1CC=C(c2ccccc2)CC1.I. The number of aromatic nitrogens is 2. The van der Waals surface area contributed by atoms with Crippen molar-refractivity contribution in [3.63, 3.8) is 0 Å². The summed E-state index contributed by atoms with van der Waals surface area (Å²) in [6.45, 7) is -0.834. The lowest BCUT2D eigenvalue weighted by Gasteiger charge is -2.29. The lowest BCUT2D eigenvalue weighted by atomic mass is 10.00. The monoisotopic (exact) mass is 473 g/mol. The Labute approximate surface area is 168 Å². The van der Waals surface area contributed by atoms with Gasteiger partial charge in [-0.1, -0.05) is 36.4 Å². The zero-order valence-corrected chi connectivity index (χ0v) is 16.8. The summed E-state index contributed by atoms with van der Waals surface area (Å²) in [6, 6.07) is 10.3. The van der Waals surface area contributed by atoms with Gasteiger partial charge in [-0.15, -0.1) is 24.0 Å².